The van der Waals surface area contributed by atoms with E-state index in [1.807, 2.05) is 0 Å². The predicted octanol–water partition coefficient (Wildman–Crippen LogP) is 1.30. The molecule has 4 aliphatic heterocycles. The minimum absolute atomic E-state index is 0.0128. The van der Waals surface area contributed by atoms with Gasteiger partial charge in [-0.15, -0.1) is 0 Å². The molecule has 2 N–H and O–H groups in total. The first kappa shape index (κ1) is 16.5. The van der Waals surface area contributed by atoms with Gasteiger partial charge in [-0.1, -0.05) is 30.3 Å². The van der Waals surface area contributed by atoms with Crippen LogP contribution < -0.4 is 5.32 Å². The zero-order valence-electron chi connectivity index (χ0n) is 15.3. The van der Waals surface area contributed by atoms with Crippen molar-refractivity contribution in [3.8, 4) is 0 Å². The molecule has 4 bridgehead atoms. The molecule has 1 aromatic carbocycles. The Kier molecular flexibility index (Phi) is 3.81. The molecule has 4 aliphatic rings. The summed E-state index contributed by atoms with van der Waals surface area (Å²) in [6.45, 7) is 13.4. The van der Waals surface area contributed by atoms with Crippen molar-refractivity contribution in [1.29, 1.82) is 0 Å². The monoisotopic (exact) mass is 329 g/mol. The Balaban J connectivity index is 1.78. The molecule has 4 nitrogen and oxygen atoms in total. The Labute approximate surface area is 145 Å². The Bertz CT molecular complexity index is 581. The molecule has 0 aliphatic carbocycles. The molecule has 4 heteroatoms. The molecule has 0 spiro atoms. The molecule has 0 saturated carbocycles. The van der Waals surface area contributed by atoms with Gasteiger partial charge in [-0.2, -0.15) is 0 Å². The molecule has 4 heterocycles. The zero-order chi connectivity index (χ0) is 17.0. The minimum Gasteiger partial charge on any atom is -0.387 e. The third kappa shape index (κ3) is 2.51. The van der Waals surface area contributed by atoms with Gasteiger partial charge < -0.3 is 20.2 Å². The summed E-state index contributed by atoms with van der Waals surface area (Å²) in [6.07, 6.45) is 0. The van der Waals surface area contributed by atoms with Gasteiger partial charge >= 0.3 is 0 Å². The van der Waals surface area contributed by atoms with Crippen LogP contribution in [0.5, 0.6) is 0 Å². The molecule has 4 saturated heterocycles. The maximum absolute atomic E-state index is 12.1. The number of nitrogens with zero attached hydrogens (tertiary/aromatic N) is 2. The van der Waals surface area contributed by atoms with E-state index in [4.69, 9.17) is 0 Å². The molecule has 0 aromatic heterocycles. The molecule has 132 valence electrons. The van der Waals surface area contributed by atoms with Gasteiger partial charge in [0.15, 0.2) is 0 Å². The zero-order valence-corrected chi connectivity index (χ0v) is 15.3. The summed E-state index contributed by atoms with van der Waals surface area (Å²) >= 11 is 0. The van der Waals surface area contributed by atoms with Crippen LogP contribution in [0.1, 0.15) is 26.3 Å². The van der Waals surface area contributed by atoms with E-state index in [1.54, 1.807) is 0 Å². The van der Waals surface area contributed by atoms with E-state index in [0.29, 0.717) is 12.5 Å². The summed E-state index contributed by atoms with van der Waals surface area (Å²) < 4.78 is 0. The third-order valence-electron chi connectivity index (χ3n) is 6.40. The number of nitrogens with one attached hydrogen (secondary N) is 1. The van der Waals surface area contributed by atoms with Crippen molar-refractivity contribution in [2.45, 2.75) is 37.3 Å². The predicted molar refractivity (Wildman–Crippen MR) is 97.2 cm³/mol. The van der Waals surface area contributed by atoms with E-state index in [2.05, 4.69) is 66.2 Å². The number of rotatable bonds is 3. The molecule has 1 aromatic rings. The smallest absolute Gasteiger partial charge is 0.0944 e. The van der Waals surface area contributed by atoms with Gasteiger partial charge in [0, 0.05) is 57.3 Å². The summed E-state index contributed by atoms with van der Waals surface area (Å²) in [5.41, 5.74) is 0.409. The second kappa shape index (κ2) is 5.53. The van der Waals surface area contributed by atoms with E-state index >= 15 is 0 Å². The molecule has 3 atom stereocenters. The second-order valence-electron chi connectivity index (χ2n) is 9.14. The van der Waals surface area contributed by atoms with Crippen molar-refractivity contribution in [3.05, 3.63) is 35.9 Å². The fourth-order valence-corrected chi connectivity index (χ4v) is 5.12. The number of fused-ring (bicyclic) bond motifs is 1. The molecular weight excluding hydrogens is 298 g/mol. The van der Waals surface area contributed by atoms with Gasteiger partial charge in [-0.25, -0.2) is 0 Å². The van der Waals surface area contributed by atoms with Crippen LogP contribution >= 0.6 is 0 Å². The summed E-state index contributed by atoms with van der Waals surface area (Å²) in [5, 5.41) is 15.7. The lowest BCUT2D eigenvalue weighted by atomic mass is 9.57. The quantitative estimate of drug-likeness (QED) is 0.877. The van der Waals surface area contributed by atoms with Crippen LogP contribution in [0.3, 0.4) is 0 Å². The summed E-state index contributed by atoms with van der Waals surface area (Å²) in [6, 6.07) is 10.7. The molecule has 2 unspecified atom stereocenters. The standard InChI is InChI=1S/C20H31N3O/c1-18(2,3)21-13-20(24)17-11-22-9-10-23(12-17)15-19(20,14-22)16-7-5-4-6-8-16/h4-8,17,21,24H,9-15H2,1-3H3/t17?,19?,20-/m1/s1. The first-order chi connectivity index (χ1) is 11.3. The molecule has 0 radical (unpaired) electrons. The number of hydrogen-bond acceptors (Lipinski definition) is 4. The van der Waals surface area contributed by atoms with Gasteiger partial charge in [0.25, 0.3) is 0 Å². The maximum Gasteiger partial charge on any atom is 0.0944 e. The topological polar surface area (TPSA) is 38.7 Å². The van der Waals surface area contributed by atoms with Gasteiger partial charge in [0.2, 0.25) is 0 Å². The van der Waals surface area contributed by atoms with E-state index in [0.717, 1.165) is 39.3 Å². The first-order valence-corrected chi connectivity index (χ1v) is 9.30. The van der Waals surface area contributed by atoms with Gasteiger partial charge in [0.05, 0.1) is 11.0 Å². The Morgan fingerprint density at radius 1 is 1.08 bits per heavy atom. The molecule has 24 heavy (non-hydrogen) atoms. The Hall–Kier alpha value is -0.940. The normalized spacial score (nSPS) is 41.4. The van der Waals surface area contributed by atoms with E-state index in [9.17, 15) is 5.11 Å². The lowest BCUT2D eigenvalue weighted by Gasteiger charge is -2.61. The number of β-amino-alcohol motifs (C(OH)–C–C–N with tert-alkyl or cyclic N) is 1. The molecule has 0 amide bonds. The molecule has 4 fully saturated rings. The lowest BCUT2D eigenvalue weighted by Crippen LogP contribution is -2.76. The highest BCUT2D eigenvalue weighted by atomic mass is 16.3. The average Bonchev–Trinajstić information content (AvgIpc) is 2.80. The van der Waals surface area contributed by atoms with Crippen molar-refractivity contribution in [2.24, 2.45) is 5.92 Å². The fourth-order valence-electron chi connectivity index (χ4n) is 5.12. The molecular formula is C20H31N3O. The Morgan fingerprint density at radius 3 is 2.21 bits per heavy atom. The summed E-state index contributed by atoms with van der Waals surface area (Å²) in [7, 11) is 0. The minimum atomic E-state index is -0.695. The van der Waals surface area contributed by atoms with Crippen molar-refractivity contribution < 1.29 is 5.11 Å². The Morgan fingerprint density at radius 2 is 1.67 bits per heavy atom. The van der Waals surface area contributed by atoms with Crippen molar-refractivity contribution in [1.82, 2.24) is 15.1 Å². The summed E-state index contributed by atoms with van der Waals surface area (Å²) in [5.74, 6) is 0.303. The van der Waals surface area contributed by atoms with Crippen LogP contribution in [0.25, 0.3) is 0 Å². The number of benzene rings is 1. The van der Waals surface area contributed by atoms with Crippen LogP contribution in [0.4, 0.5) is 0 Å². The van der Waals surface area contributed by atoms with Crippen LogP contribution in [-0.4, -0.2) is 71.9 Å². The second-order valence-corrected chi connectivity index (χ2v) is 9.14. The highest BCUT2D eigenvalue weighted by molar-refractivity contribution is 5.36. The SMILES string of the molecule is CC(C)(C)NC[C@@]1(O)C2CN3CCN(C2)CC1(c1ccccc1)C3. The third-order valence-corrected chi connectivity index (χ3v) is 6.40. The van der Waals surface area contributed by atoms with Crippen molar-refractivity contribution >= 4 is 0 Å². The summed E-state index contributed by atoms with van der Waals surface area (Å²) in [4.78, 5) is 5.16. The van der Waals surface area contributed by atoms with E-state index in [1.165, 1.54) is 5.56 Å². The highest BCUT2D eigenvalue weighted by Gasteiger charge is 2.63. The lowest BCUT2D eigenvalue weighted by molar-refractivity contribution is -0.160. The van der Waals surface area contributed by atoms with Crippen LogP contribution in [-0.2, 0) is 5.41 Å². The highest BCUT2D eigenvalue weighted by Crippen LogP contribution is 2.49. The average molecular weight is 329 g/mol. The van der Waals surface area contributed by atoms with Crippen molar-refractivity contribution in [3.63, 3.8) is 0 Å². The number of hydrogen-bond donors (Lipinski definition) is 2. The van der Waals surface area contributed by atoms with Crippen LogP contribution in [0.2, 0.25) is 0 Å². The van der Waals surface area contributed by atoms with E-state index in [-0.39, 0.29) is 11.0 Å². The van der Waals surface area contributed by atoms with Gasteiger partial charge in [-0.05, 0) is 26.3 Å². The number of piperidine rings is 2. The van der Waals surface area contributed by atoms with Gasteiger partial charge in [0.1, 0.15) is 0 Å². The van der Waals surface area contributed by atoms with Crippen molar-refractivity contribution in [2.75, 3.05) is 45.8 Å². The molecule has 5 rings (SSSR count). The van der Waals surface area contributed by atoms with Gasteiger partial charge in [-0.3, -0.25) is 0 Å². The largest absolute Gasteiger partial charge is 0.387 e. The maximum atomic E-state index is 12.1. The number of aliphatic hydroxyl groups is 1. The van der Waals surface area contributed by atoms with Crippen LogP contribution in [0.15, 0.2) is 30.3 Å². The van der Waals surface area contributed by atoms with E-state index < -0.39 is 5.60 Å². The first-order valence-electron chi connectivity index (χ1n) is 9.30. The van der Waals surface area contributed by atoms with Crippen LogP contribution in [0, 0.1) is 5.92 Å². The fraction of sp³-hybridized carbons (Fsp3) is 0.700.